The third-order valence-corrected chi connectivity index (χ3v) is 4.81. The van der Waals surface area contributed by atoms with Gasteiger partial charge in [-0.2, -0.15) is 0 Å². The summed E-state index contributed by atoms with van der Waals surface area (Å²) in [6.07, 6.45) is 2.91. The van der Waals surface area contributed by atoms with Crippen LogP contribution >= 0.6 is 15.9 Å². The van der Waals surface area contributed by atoms with Gasteiger partial charge in [0.2, 0.25) is 0 Å². The van der Waals surface area contributed by atoms with Gasteiger partial charge >= 0.3 is 5.97 Å². The summed E-state index contributed by atoms with van der Waals surface area (Å²) < 4.78 is 13.4. The fourth-order valence-electron chi connectivity index (χ4n) is 2.82. The van der Waals surface area contributed by atoms with E-state index in [4.69, 9.17) is 0 Å². The Hall–Kier alpha value is -1.43. The molecule has 0 saturated heterocycles. The summed E-state index contributed by atoms with van der Waals surface area (Å²) >= 11 is 3.02. The second-order valence-corrected chi connectivity index (χ2v) is 6.36. The average molecular weight is 358 g/mol. The molecule has 1 aromatic rings. The molecular formula is C15H17BrFNO3. The van der Waals surface area contributed by atoms with Gasteiger partial charge in [0.15, 0.2) is 0 Å². The van der Waals surface area contributed by atoms with Crippen LogP contribution in [0.4, 0.5) is 4.39 Å². The van der Waals surface area contributed by atoms with Gasteiger partial charge in [-0.05, 0) is 52.9 Å². The van der Waals surface area contributed by atoms with Crippen LogP contribution in [0, 0.1) is 11.7 Å². The fraction of sp³-hybridized carbons (Fsp3) is 0.467. The Morgan fingerprint density at radius 3 is 2.71 bits per heavy atom. The van der Waals surface area contributed by atoms with Crippen molar-refractivity contribution in [3.8, 4) is 0 Å². The lowest BCUT2D eigenvalue weighted by Gasteiger charge is -2.39. The number of carboxylic acid groups (broad SMARTS) is 1. The molecule has 2 unspecified atom stereocenters. The van der Waals surface area contributed by atoms with Crippen molar-refractivity contribution in [3.05, 3.63) is 34.1 Å². The van der Waals surface area contributed by atoms with Crippen LogP contribution < -0.4 is 5.32 Å². The van der Waals surface area contributed by atoms with Gasteiger partial charge < -0.3 is 10.4 Å². The van der Waals surface area contributed by atoms with Gasteiger partial charge in [-0.3, -0.25) is 4.79 Å². The smallest absolute Gasteiger partial charge is 0.329 e. The predicted molar refractivity (Wildman–Crippen MR) is 79.6 cm³/mol. The maximum atomic E-state index is 13.2. The van der Waals surface area contributed by atoms with E-state index in [1.807, 2.05) is 6.92 Å². The first-order valence-corrected chi connectivity index (χ1v) is 7.67. The molecule has 2 rings (SSSR count). The summed E-state index contributed by atoms with van der Waals surface area (Å²) in [5.41, 5.74) is -1.00. The van der Waals surface area contributed by atoms with Crippen molar-refractivity contribution in [1.82, 2.24) is 5.32 Å². The Bertz CT molecular complexity index is 578. The van der Waals surface area contributed by atoms with E-state index in [1.54, 1.807) is 0 Å². The molecule has 0 radical (unpaired) electrons. The first kappa shape index (κ1) is 15.9. The van der Waals surface area contributed by atoms with Gasteiger partial charge in [0.05, 0.1) is 4.47 Å². The summed E-state index contributed by atoms with van der Waals surface area (Å²) in [5, 5.41) is 12.2. The maximum absolute atomic E-state index is 13.2. The van der Waals surface area contributed by atoms with Crippen molar-refractivity contribution in [2.75, 3.05) is 0 Å². The number of aliphatic carboxylic acids is 1. The third-order valence-electron chi connectivity index (χ3n) is 4.20. The van der Waals surface area contributed by atoms with Crippen molar-refractivity contribution in [2.24, 2.45) is 5.92 Å². The molecule has 4 nitrogen and oxygen atoms in total. The van der Waals surface area contributed by atoms with E-state index in [-0.39, 0.29) is 16.0 Å². The number of carboxylic acids is 1. The molecule has 1 saturated carbocycles. The van der Waals surface area contributed by atoms with Crippen LogP contribution in [0.1, 0.15) is 43.0 Å². The Morgan fingerprint density at radius 2 is 2.14 bits per heavy atom. The van der Waals surface area contributed by atoms with Crippen LogP contribution in [0.3, 0.4) is 0 Å². The van der Waals surface area contributed by atoms with Gasteiger partial charge in [-0.15, -0.1) is 0 Å². The Morgan fingerprint density at radius 1 is 1.43 bits per heavy atom. The minimum Gasteiger partial charge on any atom is -0.479 e. The Kier molecular flexibility index (Phi) is 4.66. The second kappa shape index (κ2) is 6.13. The summed E-state index contributed by atoms with van der Waals surface area (Å²) in [4.78, 5) is 24.0. The van der Waals surface area contributed by atoms with Crippen LogP contribution in [0.2, 0.25) is 0 Å². The van der Waals surface area contributed by atoms with Gasteiger partial charge in [-0.25, -0.2) is 9.18 Å². The molecule has 0 spiro atoms. The molecule has 1 aromatic carbocycles. The first-order chi connectivity index (χ1) is 9.86. The summed E-state index contributed by atoms with van der Waals surface area (Å²) in [7, 11) is 0. The summed E-state index contributed by atoms with van der Waals surface area (Å²) in [6, 6.07) is 3.88. The number of carbonyl (C=O) groups excluding carboxylic acids is 1. The Labute approximate surface area is 130 Å². The predicted octanol–water partition coefficient (Wildman–Crippen LogP) is 3.35. The van der Waals surface area contributed by atoms with E-state index in [0.29, 0.717) is 6.42 Å². The van der Waals surface area contributed by atoms with Gasteiger partial charge in [0.1, 0.15) is 11.4 Å². The fourth-order valence-corrected chi connectivity index (χ4v) is 3.19. The molecule has 0 aromatic heterocycles. The van der Waals surface area contributed by atoms with Crippen molar-refractivity contribution in [1.29, 1.82) is 0 Å². The van der Waals surface area contributed by atoms with Gasteiger partial charge in [0.25, 0.3) is 5.91 Å². The highest BCUT2D eigenvalue weighted by molar-refractivity contribution is 9.10. The number of hydrogen-bond acceptors (Lipinski definition) is 2. The molecule has 2 atom stereocenters. The highest BCUT2D eigenvalue weighted by Crippen LogP contribution is 2.34. The van der Waals surface area contributed by atoms with E-state index < -0.39 is 23.2 Å². The highest BCUT2D eigenvalue weighted by atomic mass is 79.9. The molecule has 1 aliphatic rings. The minimum atomic E-state index is -1.24. The molecule has 0 bridgehead atoms. The van der Waals surface area contributed by atoms with Crippen molar-refractivity contribution < 1.29 is 19.1 Å². The molecule has 1 aliphatic carbocycles. The van der Waals surface area contributed by atoms with Crippen LogP contribution in [0.25, 0.3) is 0 Å². The zero-order valence-electron chi connectivity index (χ0n) is 11.7. The molecule has 6 heteroatoms. The van der Waals surface area contributed by atoms with Crippen molar-refractivity contribution in [3.63, 3.8) is 0 Å². The average Bonchev–Trinajstić information content (AvgIpc) is 2.44. The molecule has 0 heterocycles. The lowest BCUT2D eigenvalue weighted by molar-refractivity contribution is -0.148. The standard InChI is InChI=1S/C15H17BrFNO3/c1-9-4-2-3-7-15(9,14(20)21)18-13(19)10-5-6-12(17)11(16)8-10/h5-6,8-9H,2-4,7H2,1H3,(H,18,19)(H,20,21). The van der Waals surface area contributed by atoms with Crippen LogP contribution in [0.5, 0.6) is 0 Å². The normalized spacial score (nSPS) is 25.4. The van der Waals surface area contributed by atoms with E-state index in [9.17, 15) is 19.1 Å². The van der Waals surface area contributed by atoms with E-state index in [1.165, 1.54) is 18.2 Å². The number of amides is 1. The topological polar surface area (TPSA) is 66.4 Å². The van der Waals surface area contributed by atoms with Crippen molar-refractivity contribution in [2.45, 2.75) is 38.1 Å². The number of nitrogens with one attached hydrogen (secondary N) is 1. The largest absolute Gasteiger partial charge is 0.479 e. The number of rotatable bonds is 3. The zero-order chi connectivity index (χ0) is 15.6. The van der Waals surface area contributed by atoms with Crippen molar-refractivity contribution >= 4 is 27.8 Å². The quantitative estimate of drug-likeness (QED) is 0.871. The molecule has 2 N–H and O–H groups in total. The molecular weight excluding hydrogens is 341 g/mol. The van der Waals surface area contributed by atoms with Crippen LogP contribution in [-0.2, 0) is 4.79 Å². The molecule has 21 heavy (non-hydrogen) atoms. The molecule has 114 valence electrons. The van der Waals surface area contributed by atoms with Gasteiger partial charge in [-0.1, -0.05) is 19.8 Å². The Balaban J connectivity index is 2.26. The molecule has 0 aliphatic heterocycles. The number of carbonyl (C=O) groups is 2. The maximum Gasteiger partial charge on any atom is 0.329 e. The van der Waals surface area contributed by atoms with E-state index in [2.05, 4.69) is 21.2 Å². The number of benzene rings is 1. The number of halogens is 2. The summed E-state index contributed by atoms with van der Waals surface area (Å²) in [5.74, 6) is -2.11. The monoisotopic (exact) mass is 357 g/mol. The van der Waals surface area contributed by atoms with Crippen LogP contribution in [0.15, 0.2) is 22.7 Å². The lowest BCUT2D eigenvalue weighted by atomic mass is 9.73. The molecule has 1 fully saturated rings. The highest BCUT2D eigenvalue weighted by Gasteiger charge is 2.46. The minimum absolute atomic E-state index is 0.142. The molecule has 1 amide bonds. The van der Waals surface area contributed by atoms with E-state index in [0.717, 1.165) is 19.3 Å². The first-order valence-electron chi connectivity index (χ1n) is 6.88. The SMILES string of the molecule is CC1CCCCC1(NC(=O)c1ccc(F)c(Br)c1)C(=O)O. The third kappa shape index (κ3) is 3.10. The van der Waals surface area contributed by atoms with E-state index >= 15 is 0 Å². The summed E-state index contributed by atoms with van der Waals surface area (Å²) in [6.45, 7) is 1.84. The lowest BCUT2D eigenvalue weighted by Crippen LogP contribution is -2.60. The van der Waals surface area contributed by atoms with Crippen LogP contribution in [-0.4, -0.2) is 22.5 Å². The zero-order valence-corrected chi connectivity index (χ0v) is 13.2. The second-order valence-electron chi connectivity index (χ2n) is 5.51. The number of hydrogen-bond donors (Lipinski definition) is 2. The van der Waals surface area contributed by atoms with Gasteiger partial charge in [0, 0.05) is 5.56 Å².